The second-order valence-corrected chi connectivity index (χ2v) is 13.9. The van der Waals surface area contributed by atoms with Gasteiger partial charge in [0.2, 0.25) is 0 Å². The van der Waals surface area contributed by atoms with E-state index in [9.17, 15) is 18.0 Å². The van der Waals surface area contributed by atoms with E-state index in [1.807, 2.05) is 6.92 Å². The largest absolute Gasteiger partial charge is 0.493 e. The smallest absolute Gasteiger partial charge is 0.318 e. The van der Waals surface area contributed by atoms with Crippen molar-refractivity contribution in [2.24, 2.45) is 0 Å². The third-order valence-electron chi connectivity index (χ3n) is 9.06. The fourth-order valence-corrected chi connectivity index (χ4v) is 8.35. The normalized spacial score (nSPS) is 21.5. The number of nitrogens with zero attached hydrogens (tertiary/aromatic N) is 4. The highest BCUT2D eigenvalue weighted by molar-refractivity contribution is 7.93. The van der Waals surface area contributed by atoms with E-state index in [-0.39, 0.29) is 16.1 Å². The van der Waals surface area contributed by atoms with Crippen LogP contribution < -0.4 is 14.4 Å². The molecule has 0 radical (unpaired) electrons. The predicted octanol–water partition coefficient (Wildman–Crippen LogP) is 4.14. The van der Waals surface area contributed by atoms with Gasteiger partial charge in [-0.15, -0.1) is 0 Å². The van der Waals surface area contributed by atoms with Crippen molar-refractivity contribution in [3.8, 4) is 5.75 Å². The third kappa shape index (κ3) is 5.67. The van der Waals surface area contributed by atoms with E-state index in [1.165, 1.54) is 24.3 Å². The highest BCUT2D eigenvalue weighted by Gasteiger charge is 2.58. The Hall–Kier alpha value is -3.64. The number of para-hydroxylation sites is 1. The molecule has 6 rings (SSSR count). The van der Waals surface area contributed by atoms with Crippen molar-refractivity contribution in [2.45, 2.75) is 36.2 Å². The fraction of sp³-hybridized carbons (Fsp3) is 0.394. The maximum absolute atomic E-state index is 14.9. The molecule has 3 aromatic carbocycles. The molecule has 0 spiro atoms. The zero-order valence-electron chi connectivity index (χ0n) is 25.5. The predicted molar refractivity (Wildman–Crippen MR) is 173 cm³/mol. The Bertz CT molecular complexity index is 1670. The summed E-state index contributed by atoms with van der Waals surface area (Å²) in [6, 6.07) is 19.3. The number of carbonyl (C=O) groups is 2. The number of benzene rings is 3. The lowest BCUT2D eigenvalue weighted by Gasteiger charge is -2.43. The van der Waals surface area contributed by atoms with Gasteiger partial charge in [-0.05, 0) is 76.3 Å². The Balaban J connectivity index is 1.41. The van der Waals surface area contributed by atoms with Crippen molar-refractivity contribution in [3.63, 3.8) is 0 Å². The summed E-state index contributed by atoms with van der Waals surface area (Å²) in [5.41, 5.74) is -1.24. The minimum Gasteiger partial charge on any atom is -0.493 e. The second kappa shape index (κ2) is 12.6. The molecule has 3 heterocycles. The van der Waals surface area contributed by atoms with E-state index in [4.69, 9.17) is 16.3 Å². The van der Waals surface area contributed by atoms with Gasteiger partial charge in [0.25, 0.3) is 15.9 Å². The number of piperidine rings is 1. The van der Waals surface area contributed by atoms with Gasteiger partial charge < -0.3 is 19.9 Å². The molecule has 0 saturated carbocycles. The quantitative estimate of drug-likeness (QED) is 0.410. The lowest BCUT2D eigenvalue weighted by atomic mass is 9.83. The van der Waals surface area contributed by atoms with Gasteiger partial charge in [0.15, 0.2) is 5.54 Å². The molecule has 3 aliphatic rings. The van der Waals surface area contributed by atoms with Crippen LogP contribution in [0.2, 0.25) is 5.02 Å². The van der Waals surface area contributed by atoms with E-state index < -0.39 is 27.5 Å². The Morgan fingerprint density at radius 3 is 2.29 bits per heavy atom. The van der Waals surface area contributed by atoms with Crippen LogP contribution in [0.1, 0.15) is 30.9 Å². The molecule has 238 valence electrons. The number of carbonyl (C=O) groups excluding carboxylic acids is 2. The molecule has 0 aromatic heterocycles. The van der Waals surface area contributed by atoms with Crippen molar-refractivity contribution in [2.75, 3.05) is 57.2 Å². The number of nitrogens with one attached hydrogen (secondary N) is 1. The molecule has 3 aliphatic heterocycles. The SMILES string of the molecule is CCOc1ccccc1C1(NC(=O)N2CCN(C3CCN(C)CC3)CC2)C(=O)N(S(=O)(=O)c2ccccc2)c2ccc(Cl)cc21. The van der Waals surface area contributed by atoms with Gasteiger partial charge in [-0.25, -0.2) is 13.2 Å². The summed E-state index contributed by atoms with van der Waals surface area (Å²) in [4.78, 5) is 35.5. The third-order valence-corrected chi connectivity index (χ3v) is 11.0. The average molecular weight is 652 g/mol. The number of anilines is 1. The zero-order chi connectivity index (χ0) is 31.8. The van der Waals surface area contributed by atoms with Gasteiger partial charge in [-0.2, -0.15) is 4.31 Å². The van der Waals surface area contributed by atoms with Crippen molar-refractivity contribution >= 4 is 39.2 Å². The van der Waals surface area contributed by atoms with Gasteiger partial charge in [0, 0.05) is 48.4 Å². The Kier molecular flexibility index (Phi) is 8.80. The summed E-state index contributed by atoms with van der Waals surface area (Å²) in [5, 5.41) is 3.32. The highest BCUT2D eigenvalue weighted by atomic mass is 35.5. The number of urea groups is 1. The van der Waals surface area contributed by atoms with Crippen molar-refractivity contribution in [1.29, 1.82) is 0 Å². The Morgan fingerprint density at radius 1 is 0.933 bits per heavy atom. The maximum Gasteiger partial charge on any atom is 0.318 e. The number of amides is 3. The van der Waals surface area contributed by atoms with Crippen LogP contribution in [0.5, 0.6) is 5.75 Å². The maximum atomic E-state index is 14.9. The first-order valence-electron chi connectivity index (χ1n) is 15.3. The topological polar surface area (TPSA) is 102 Å². The van der Waals surface area contributed by atoms with Crippen molar-refractivity contribution < 1.29 is 22.7 Å². The Morgan fingerprint density at radius 2 is 1.60 bits per heavy atom. The molecule has 1 N–H and O–H groups in total. The van der Waals surface area contributed by atoms with Crippen LogP contribution in [0.3, 0.4) is 0 Å². The first kappa shape index (κ1) is 31.3. The molecule has 3 aromatic rings. The second-order valence-electron chi connectivity index (χ2n) is 11.7. The first-order chi connectivity index (χ1) is 21.7. The summed E-state index contributed by atoms with van der Waals surface area (Å²) in [5.74, 6) is -0.486. The van der Waals surface area contributed by atoms with Crippen molar-refractivity contribution in [3.05, 3.63) is 88.9 Å². The van der Waals surface area contributed by atoms with E-state index in [2.05, 4.69) is 22.2 Å². The van der Waals surface area contributed by atoms with E-state index in [0.29, 0.717) is 42.1 Å². The van der Waals surface area contributed by atoms with Crippen LogP contribution in [0.4, 0.5) is 10.5 Å². The van der Waals surface area contributed by atoms with Gasteiger partial charge in [-0.3, -0.25) is 9.69 Å². The standard InChI is InChI=1S/C33H38ClN5O5S/c1-3-44-30-12-8-7-11-27(30)33(35-32(41)38-21-19-37(20-22-38)25-15-17-36(2)18-16-25)28-23-24(34)13-14-29(28)39(31(33)40)45(42,43)26-9-5-4-6-10-26/h4-14,23,25H,3,15-22H2,1-2H3,(H,35,41). The molecular weight excluding hydrogens is 614 g/mol. The summed E-state index contributed by atoms with van der Waals surface area (Å²) >= 11 is 6.51. The molecule has 2 saturated heterocycles. The summed E-state index contributed by atoms with van der Waals surface area (Å²) < 4.78 is 35.0. The van der Waals surface area contributed by atoms with Crippen molar-refractivity contribution in [1.82, 2.24) is 20.0 Å². The summed E-state index contributed by atoms with van der Waals surface area (Å²) in [7, 11) is -2.24. The number of fused-ring (bicyclic) bond motifs is 1. The number of halogens is 1. The van der Waals surface area contributed by atoms with Crippen LogP contribution in [0.25, 0.3) is 0 Å². The minimum atomic E-state index is -4.38. The summed E-state index contributed by atoms with van der Waals surface area (Å²) in [6.45, 7) is 6.61. The number of rotatable bonds is 7. The highest BCUT2D eigenvalue weighted by Crippen LogP contribution is 2.50. The van der Waals surface area contributed by atoms with Gasteiger partial charge in [0.1, 0.15) is 5.75 Å². The average Bonchev–Trinajstić information content (AvgIpc) is 3.30. The molecule has 45 heavy (non-hydrogen) atoms. The number of piperazine rings is 1. The number of hydrogen-bond acceptors (Lipinski definition) is 7. The van der Waals surface area contributed by atoms with E-state index in [1.54, 1.807) is 53.4 Å². The molecule has 10 nitrogen and oxygen atoms in total. The molecule has 1 unspecified atom stereocenters. The number of sulfonamides is 1. The minimum absolute atomic E-state index is 0.0514. The number of likely N-dealkylation sites (tertiary alicyclic amines) is 1. The first-order valence-corrected chi connectivity index (χ1v) is 17.2. The molecule has 12 heteroatoms. The molecule has 3 amide bonds. The van der Waals surface area contributed by atoms with Crippen LogP contribution in [0.15, 0.2) is 77.7 Å². The van der Waals surface area contributed by atoms with Crippen LogP contribution in [-0.2, 0) is 20.4 Å². The molecule has 0 bridgehead atoms. The lowest BCUT2D eigenvalue weighted by molar-refractivity contribution is -0.121. The Labute approximate surface area is 269 Å². The molecule has 2 fully saturated rings. The van der Waals surface area contributed by atoms with Gasteiger partial charge in [0.05, 0.1) is 17.2 Å². The number of hydrogen-bond donors (Lipinski definition) is 1. The number of ether oxygens (including phenoxy) is 1. The summed E-state index contributed by atoms with van der Waals surface area (Å²) in [6.07, 6.45) is 2.19. The van der Waals surface area contributed by atoms with Crippen LogP contribution >= 0.6 is 11.6 Å². The van der Waals surface area contributed by atoms with E-state index >= 15 is 0 Å². The lowest BCUT2D eigenvalue weighted by Crippen LogP contribution is -2.61. The van der Waals surface area contributed by atoms with Gasteiger partial charge >= 0.3 is 6.03 Å². The van der Waals surface area contributed by atoms with Crippen LogP contribution in [-0.4, -0.2) is 94.0 Å². The molecule has 1 atom stereocenters. The zero-order valence-corrected chi connectivity index (χ0v) is 27.1. The molecular formula is C33H38ClN5O5S. The van der Waals surface area contributed by atoms with Gasteiger partial charge in [-0.1, -0.05) is 48.0 Å². The monoisotopic (exact) mass is 651 g/mol. The van der Waals surface area contributed by atoms with Crippen LogP contribution in [0, 0.1) is 0 Å². The molecule has 0 aliphatic carbocycles. The van der Waals surface area contributed by atoms with E-state index in [0.717, 1.165) is 43.3 Å². The fourth-order valence-electron chi connectivity index (χ4n) is 6.70.